The van der Waals surface area contributed by atoms with Crippen LogP contribution in [0.15, 0.2) is 83.8 Å². The SMILES string of the molecule is Cc1ccc(SCCC(=O)N(Cc2cccc(C)c2)[C@@H](Cc2ccccc2)C(=O)NC(C)C)cc1. The van der Waals surface area contributed by atoms with Crippen molar-refractivity contribution in [1.29, 1.82) is 0 Å². The highest BCUT2D eigenvalue weighted by atomic mass is 32.2. The molecule has 0 aliphatic rings. The molecule has 0 saturated heterocycles. The van der Waals surface area contributed by atoms with Gasteiger partial charge in [0.15, 0.2) is 0 Å². The van der Waals surface area contributed by atoms with Crippen LogP contribution in [-0.2, 0) is 22.6 Å². The van der Waals surface area contributed by atoms with Crippen LogP contribution in [0.4, 0.5) is 0 Å². The predicted molar refractivity (Wildman–Crippen MR) is 145 cm³/mol. The van der Waals surface area contributed by atoms with Crippen LogP contribution in [0.5, 0.6) is 0 Å². The van der Waals surface area contributed by atoms with Crippen molar-refractivity contribution in [2.45, 2.75) is 64.1 Å². The summed E-state index contributed by atoms with van der Waals surface area (Å²) in [6.45, 7) is 8.40. The molecule has 0 aliphatic heterocycles. The molecular formula is C30H36N2O2S. The maximum absolute atomic E-state index is 13.6. The number of rotatable bonds is 11. The Morgan fingerprint density at radius 2 is 1.54 bits per heavy atom. The van der Waals surface area contributed by atoms with Crippen LogP contribution in [0.3, 0.4) is 0 Å². The second-order valence-corrected chi connectivity index (χ2v) is 10.5. The normalized spacial score (nSPS) is 11.8. The number of carbonyl (C=O) groups excluding carboxylic acids is 2. The zero-order chi connectivity index (χ0) is 25.2. The van der Waals surface area contributed by atoms with E-state index in [4.69, 9.17) is 0 Å². The lowest BCUT2D eigenvalue weighted by molar-refractivity contribution is -0.141. The summed E-state index contributed by atoms with van der Waals surface area (Å²) in [7, 11) is 0. The summed E-state index contributed by atoms with van der Waals surface area (Å²) < 4.78 is 0. The van der Waals surface area contributed by atoms with Gasteiger partial charge in [0.05, 0.1) is 0 Å². The largest absolute Gasteiger partial charge is 0.352 e. The van der Waals surface area contributed by atoms with Gasteiger partial charge in [0, 0.05) is 36.1 Å². The van der Waals surface area contributed by atoms with Crippen LogP contribution in [0.1, 0.15) is 42.5 Å². The average Bonchev–Trinajstić information content (AvgIpc) is 2.82. The van der Waals surface area contributed by atoms with Gasteiger partial charge in [-0.3, -0.25) is 9.59 Å². The van der Waals surface area contributed by atoms with Gasteiger partial charge in [-0.05, 0) is 51.0 Å². The molecule has 3 aromatic rings. The molecule has 0 aliphatic carbocycles. The predicted octanol–water partition coefficient (Wildman–Crippen LogP) is 5.95. The van der Waals surface area contributed by atoms with Crippen LogP contribution in [0.2, 0.25) is 0 Å². The lowest BCUT2D eigenvalue weighted by Crippen LogP contribution is -2.51. The Kier molecular flexibility index (Phi) is 9.98. The Hall–Kier alpha value is -3.05. The lowest BCUT2D eigenvalue weighted by Gasteiger charge is -2.32. The molecule has 0 bridgehead atoms. The van der Waals surface area contributed by atoms with Crippen molar-refractivity contribution in [1.82, 2.24) is 10.2 Å². The van der Waals surface area contributed by atoms with Crippen molar-refractivity contribution in [2.24, 2.45) is 0 Å². The van der Waals surface area contributed by atoms with Gasteiger partial charge in [-0.15, -0.1) is 11.8 Å². The first-order valence-electron chi connectivity index (χ1n) is 12.2. The van der Waals surface area contributed by atoms with Crippen molar-refractivity contribution in [2.75, 3.05) is 5.75 Å². The first-order valence-corrected chi connectivity index (χ1v) is 13.2. The van der Waals surface area contributed by atoms with Gasteiger partial charge >= 0.3 is 0 Å². The van der Waals surface area contributed by atoms with Crippen molar-refractivity contribution >= 4 is 23.6 Å². The monoisotopic (exact) mass is 488 g/mol. The summed E-state index contributed by atoms with van der Waals surface area (Å²) in [5.74, 6) is 0.540. The van der Waals surface area contributed by atoms with Gasteiger partial charge in [-0.25, -0.2) is 0 Å². The number of carbonyl (C=O) groups is 2. The quantitative estimate of drug-likeness (QED) is 0.339. The van der Waals surface area contributed by atoms with E-state index in [2.05, 4.69) is 42.6 Å². The van der Waals surface area contributed by atoms with Crippen LogP contribution in [0, 0.1) is 13.8 Å². The van der Waals surface area contributed by atoms with E-state index in [0.717, 1.165) is 21.6 Å². The average molecular weight is 489 g/mol. The molecule has 2 amide bonds. The van der Waals surface area contributed by atoms with E-state index in [-0.39, 0.29) is 17.9 Å². The number of nitrogens with one attached hydrogen (secondary N) is 1. The molecular weight excluding hydrogens is 452 g/mol. The standard InChI is InChI=1S/C30H36N2O2S/c1-22(2)31-30(34)28(20-25-10-6-5-7-11-25)32(21-26-12-8-9-24(4)19-26)29(33)17-18-35-27-15-13-23(3)14-16-27/h5-16,19,22,28H,17-18,20-21H2,1-4H3,(H,31,34)/t28-/m0/s1. The third-order valence-electron chi connectivity index (χ3n) is 5.74. The second-order valence-electron chi connectivity index (χ2n) is 9.29. The molecule has 0 heterocycles. The molecule has 1 atom stereocenters. The molecule has 0 fully saturated rings. The van der Waals surface area contributed by atoms with Gasteiger partial charge in [0.2, 0.25) is 11.8 Å². The van der Waals surface area contributed by atoms with Gasteiger partial charge in [-0.2, -0.15) is 0 Å². The highest BCUT2D eigenvalue weighted by Crippen LogP contribution is 2.21. The van der Waals surface area contributed by atoms with E-state index < -0.39 is 6.04 Å². The van der Waals surface area contributed by atoms with Gasteiger partial charge in [0.1, 0.15) is 6.04 Å². The maximum Gasteiger partial charge on any atom is 0.243 e. The molecule has 0 spiro atoms. The third kappa shape index (κ3) is 8.59. The minimum Gasteiger partial charge on any atom is -0.352 e. The second kappa shape index (κ2) is 13.1. The summed E-state index contributed by atoms with van der Waals surface area (Å²) >= 11 is 1.67. The van der Waals surface area contributed by atoms with Crippen molar-refractivity contribution in [3.8, 4) is 0 Å². The third-order valence-corrected chi connectivity index (χ3v) is 6.76. The summed E-state index contributed by atoms with van der Waals surface area (Å²) in [6, 6.07) is 25.8. The van der Waals surface area contributed by atoms with E-state index in [9.17, 15) is 9.59 Å². The van der Waals surface area contributed by atoms with Crippen molar-refractivity contribution < 1.29 is 9.59 Å². The molecule has 4 nitrogen and oxygen atoms in total. The highest BCUT2D eigenvalue weighted by Gasteiger charge is 2.30. The lowest BCUT2D eigenvalue weighted by atomic mass is 10.0. The number of hydrogen-bond acceptors (Lipinski definition) is 3. The van der Waals surface area contributed by atoms with E-state index in [1.807, 2.05) is 69.3 Å². The van der Waals surface area contributed by atoms with Gasteiger partial charge in [-0.1, -0.05) is 77.9 Å². The van der Waals surface area contributed by atoms with E-state index in [1.165, 1.54) is 5.56 Å². The Balaban J connectivity index is 1.84. The van der Waals surface area contributed by atoms with Crippen LogP contribution >= 0.6 is 11.8 Å². The smallest absolute Gasteiger partial charge is 0.243 e. The van der Waals surface area contributed by atoms with E-state index >= 15 is 0 Å². The minimum absolute atomic E-state index is 0.00575. The fraction of sp³-hybridized carbons (Fsp3) is 0.333. The molecule has 5 heteroatoms. The van der Waals surface area contributed by atoms with Crippen molar-refractivity contribution in [3.63, 3.8) is 0 Å². The first-order chi connectivity index (χ1) is 16.8. The first kappa shape index (κ1) is 26.6. The Bertz CT molecular complexity index is 1100. The van der Waals surface area contributed by atoms with E-state index in [0.29, 0.717) is 25.1 Å². The molecule has 0 unspecified atom stereocenters. The molecule has 0 saturated carbocycles. The fourth-order valence-electron chi connectivity index (χ4n) is 3.98. The number of nitrogens with zero attached hydrogens (tertiary/aromatic N) is 1. The number of amides is 2. The Labute approximate surface area is 214 Å². The maximum atomic E-state index is 13.6. The van der Waals surface area contributed by atoms with Crippen LogP contribution < -0.4 is 5.32 Å². The van der Waals surface area contributed by atoms with Gasteiger partial charge < -0.3 is 10.2 Å². The minimum atomic E-state index is -0.586. The van der Waals surface area contributed by atoms with E-state index in [1.54, 1.807) is 16.7 Å². The number of thioether (sulfide) groups is 1. The Morgan fingerprint density at radius 1 is 0.857 bits per heavy atom. The topological polar surface area (TPSA) is 49.4 Å². The number of aryl methyl sites for hydroxylation is 2. The summed E-state index contributed by atoms with van der Waals surface area (Å²) in [6.07, 6.45) is 0.840. The molecule has 184 valence electrons. The Morgan fingerprint density at radius 3 is 2.20 bits per heavy atom. The van der Waals surface area contributed by atoms with Crippen LogP contribution in [-0.4, -0.2) is 34.6 Å². The summed E-state index contributed by atoms with van der Waals surface area (Å²) in [5, 5.41) is 3.04. The molecule has 3 aromatic carbocycles. The molecule has 1 N–H and O–H groups in total. The zero-order valence-electron chi connectivity index (χ0n) is 21.2. The molecule has 3 rings (SSSR count). The molecule has 0 aromatic heterocycles. The number of benzene rings is 3. The molecule has 35 heavy (non-hydrogen) atoms. The van der Waals surface area contributed by atoms with Crippen LogP contribution in [0.25, 0.3) is 0 Å². The van der Waals surface area contributed by atoms with Gasteiger partial charge in [0.25, 0.3) is 0 Å². The highest BCUT2D eigenvalue weighted by molar-refractivity contribution is 7.99. The number of hydrogen-bond donors (Lipinski definition) is 1. The molecule has 0 radical (unpaired) electrons. The zero-order valence-corrected chi connectivity index (χ0v) is 22.0. The summed E-state index contributed by atoms with van der Waals surface area (Å²) in [4.78, 5) is 29.9. The summed E-state index contributed by atoms with van der Waals surface area (Å²) in [5.41, 5.74) is 4.41. The van der Waals surface area contributed by atoms with Crippen molar-refractivity contribution in [3.05, 3.63) is 101 Å². The fourth-order valence-corrected chi connectivity index (χ4v) is 4.82.